The van der Waals surface area contributed by atoms with Crippen LogP contribution in [0.2, 0.25) is 0 Å². The molecule has 0 unspecified atom stereocenters. The lowest BCUT2D eigenvalue weighted by Crippen LogP contribution is -2.62. The van der Waals surface area contributed by atoms with Crippen LogP contribution in [0.1, 0.15) is 37.7 Å². The summed E-state index contributed by atoms with van der Waals surface area (Å²) in [5.74, 6) is -0.0868. The molecule has 1 fully saturated rings. The van der Waals surface area contributed by atoms with E-state index in [0.717, 1.165) is 17.5 Å². The Balaban J connectivity index is 1.79. The minimum Gasteiger partial charge on any atom is -0.378 e. The van der Waals surface area contributed by atoms with Crippen LogP contribution in [0.3, 0.4) is 0 Å². The summed E-state index contributed by atoms with van der Waals surface area (Å²) in [7, 11) is 1.84. The van der Waals surface area contributed by atoms with Crippen molar-refractivity contribution in [3.8, 4) is 0 Å². The smallest absolute Gasteiger partial charge is 0.274 e. The van der Waals surface area contributed by atoms with Crippen LogP contribution in [-0.2, 0) is 4.74 Å². The molecule has 2 atom stereocenters. The number of benzene rings is 1. The predicted octanol–water partition coefficient (Wildman–Crippen LogP) is 2.91. The number of hydrogen-bond acceptors (Lipinski definition) is 4. The van der Waals surface area contributed by atoms with Gasteiger partial charge in [-0.25, -0.2) is 4.98 Å². The fourth-order valence-electron chi connectivity index (χ4n) is 3.39. The summed E-state index contributed by atoms with van der Waals surface area (Å²) in [5, 5.41) is 0. The minimum atomic E-state index is -0.0868. The van der Waals surface area contributed by atoms with Crippen LogP contribution in [0.15, 0.2) is 30.5 Å². The largest absolute Gasteiger partial charge is 0.378 e. The fraction of sp³-hybridized carbons (Fsp3) is 0.500. The van der Waals surface area contributed by atoms with Gasteiger partial charge in [-0.1, -0.05) is 26.0 Å². The number of hydrogen-bond donors (Lipinski definition) is 0. The monoisotopic (exact) mass is 313 g/mol. The van der Waals surface area contributed by atoms with Crippen molar-refractivity contribution < 1.29 is 9.53 Å². The second-order valence-corrected chi connectivity index (χ2v) is 6.68. The third-order valence-electron chi connectivity index (χ3n) is 4.95. The third-order valence-corrected chi connectivity index (χ3v) is 4.95. The second-order valence-electron chi connectivity index (χ2n) is 6.68. The van der Waals surface area contributed by atoms with Crippen molar-refractivity contribution in [1.29, 1.82) is 0 Å². The average molecular weight is 313 g/mol. The molecule has 2 aromatic rings. The van der Waals surface area contributed by atoms with E-state index in [9.17, 15) is 4.79 Å². The molecule has 1 heterocycles. The summed E-state index contributed by atoms with van der Waals surface area (Å²) >= 11 is 0. The first-order valence-corrected chi connectivity index (χ1v) is 8.05. The Kier molecular flexibility index (Phi) is 4.06. The topological polar surface area (TPSA) is 55.3 Å². The third kappa shape index (κ3) is 2.70. The van der Waals surface area contributed by atoms with Gasteiger partial charge in [0.25, 0.3) is 5.91 Å². The van der Waals surface area contributed by atoms with Crippen LogP contribution in [0.4, 0.5) is 0 Å². The average Bonchev–Trinajstić information content (AvgIpc) is 2.56. The number of rotatable bonds is 4. The minimum absolute atomic E-state index is 0.0509. The molecular weight excluding hydrogens is 290 g/mol. The van der Waals surface area contributed by atoms with E-state index in [1.54, 1.807) is 11.1 Å². The van der Waals surface area contributed by atoms with Crippen LogP contribution in [0, 0.1) is 5.41 Å². The lowest BCUT2D eigenvalue weighted by molar-refractivity contribution is -0.136. The summed E-state index contributed by atoms with van der Waals surface area (Å²) in [4.78, 5) is 23.3. The Hall–Kier alpha value is -2.01. The van der Waals surface area contributed by atoms with E-state index >= 15 is 0 Å². The van der Waals surface area contributed by atoms with Gasteiger partial charge in [-0.05, 0) is 25.5 Å². The highest BCUT2D eigenvalue weighted by atomic mass is 16.5. The first kappa shape index (κ1) is 15.9. The molecule has 0 bridgehead atoms. The van der Waals surface area contributed by atoms with Crippen LogP contribution in [-0.4, -0.2) is 46.6 Å². The first-order valence-electron chi connectivity index (χ1n) is 8.05. The molecule has 1 aliphatic carbocycles. The molecule has 5 nitrogen and oxygen atoms in total. The molecule has 0 aliphatic heterocycles. The van der Waals surface area contributed by atoms with E-state index in [2.05, 4.69) is 23.8 Å². The molecule has 0 saturated heterocycles. The van der Waals surface area contributed by atoms with Crippen molar-refractivity contribution >= 4 is 16.9 Å². The number of aromatic nitrogens is 2. The van der Waals surface area contributed by atoms with Gasteiger partial charge in [0, 0.05) is 25.1 Å². The molecule has 5 heteroatoms. The van der Waals surface area contributed by atoms with Crippen LogP contribution < -0.4 is 0 Å². The molecule has 0 radical (unpaired) electrons. The molecule has 1 aliphatic rings. The summed E-state index contributed by atoms with van der Waals surface area (Å²) in [6, 6.07) is 7.73. The molecule has 1 aromatic carbocycles. The zero-order valence-corrected chi connectivity index (χ0v) is 14.1. The predicted molar refractivity (Wildman–Crippen MR) is 89.2 cm³/mol. The number of amides is 1. The van der Waals surface area contributed by atoms with E-state index in [1.807, 2.05) is 38.2 Å². The Morgan fingerprint density at radius 1 is 1.35 bits per heavy atom. The summed E-state index contributed by atoms with van der Waals surface area (Å²) in [5.41, 5.74) is 1.88. The molecule has 1 aromatic heterocycles. The van der Waals surface area contributed by atoms with E-state index in [4.69, 9.17) is 4.74 Å². The number of carbonyl (C=O) groups excluding carboxylic acids is 1. The van der Waals surface area contributed by atoms with Crippen molar-refractivity contribution in [3.63, 3.8) is 0 Å². The van der Waals surface area contributed by atoms with Crippen LogP contribution >= 0.6 is 0 Å². The number of carbonyl (C=O) groups is 1. The van der Waals surface area contributed by atoms with Crippen molar-refractivity contribution in [1.82, 2.24) is 14.9 Å². The second kappa shape index (κ2) is 5.89. The summed E-state index contributed by atoms with van der Waals surface area (Å²) in [6.07, 6.45) is 2.63. The Labute approximate surface area is 136 Å². The van der Waals surface area contributed by atoms with Gasteiger partial charge in [-0.15, -0.1) is 0 Å². The highest BCUT2D eigenvalue weighted by molar-refractivity contribution is 5.94. The van der Waals surface area contributed by atoms with E-state index in [-0.39, 0.29) is 23.5 Å². The lowest BCUT2D eigenvalue weighted by Gasteiger charge is -2.54. The van der Waals surface area contributed by atoms with Crippen LogP contribution in [0.5, 0.6) is 0 Å². The number of ether oxygens (including phenoxy) is 1. The highest BCUT2D eigenvalue weighted by Gasteiger charge is 2.51. The number of nitrogens with zero attached hydrogens (tertiary/aromatic N) is 3. The van der Waals surface area contributed by atoms with Gasteiger partial charge < -0.3 is 9.64 Å². The number of para-hydroxylation sites is 2. The molecule has 23 heavy (non-hydrogen) atoms. The molecule has 0 N–H and O–H groups in total. The van der Waals surface area contributed by atoms with Gasteiger partial charge in [0.05, 0.1) is 23.3 Å². The van der Waals surface area contributed by atoms with E-state index in [1.165, 1.54) is 0 Å². The van der Waals surface area contributed by atoms with Gasteiger partial charge in [0.1, 0.15) is 5.69 Å². The fourth-order valence-corrected chi connectivity index (χ4v) is 3.39. The van der Waals surface area contributed by atoms with Crippen molar-refractivity contribution in [2.24, 2.45) is 5.41 Å². The van der Waals surface area contributed by atoms with Gasteiger partial charge >= 0.3 is 0 Å². The van der Waals surface area contributed by atoms with E-state index in [0.29, 0.717) is 12.3 Å². The molecule has 3 rings (SSSR count). The van der Waals surface area contributed by atoms with Crippen molar-refractivity contribution in [2.75, 3.05) is 13.7 Å². The van der Waals surface area contributed by atoms with Gasteiger partial charge in [-0.2, -0.15) is 0 Å². The SMILES string of the molecule is CCO[C@@H]1C[C@H](N(C)C(=O)c2cnc3ccccc3n2)C1(C)C. The highest BCUT2D eigenvalue weighted by Crippen LogP contribution is 2.45. The molecule has 1 amide bonds. The Morgan fingerprint density at radius 3 is 2.70 bits per heavy atom. The van der Waals surface area contributed by atoms with Crippen LogP contribution in [0.25, 0.3) is 11.0 Å². The lowest BCUT2D eigenvalue weighted by atomic mass is 9.63. The van der Waals surface area contributed by atoms with Crippen molar-refractivity contribution in [3.05, 3.63) is 36.2 Å². The molecule has 1 saturated carbocycles. The van der Waals surface area contributed by atoms with Gasteiger partial charge in [-0.3, -0.25) is 9.78 Å². The maximum atomic E-state index is 12.8. The summed E-state index contributed by atoms with van der Waals surface area (Å²) < 4.78 is 5.75. The van der Waals surface area contributed by atoms with Gasteiger partial charge in [0.2, 0.25) is 0 Å². The maximum Gasteiger partial charge on any atom is 0.274 e. The van der Waals surface area contributed by atoms with E-state index < -0.39 is 0 Å². The Morgan fingerprint density at radius 2 is 2.04 bits per heavy atom. The molecular formula is C18H23N3O2. The zero-order chi connectivity index (χ0) is 16.6. The molecule has 122 valence electrons. The standard InChI is InChI=1S/C18H23N3O2/c1-5-23-16-10-15(18(16,2)3)21(4)17(22)14-11-19-12-8-6-7-9-13(12)20-14/h6-9,11,15-16H,5,10H2,1-4H3/t15-,16+/m0/s1. The maximum absolute atomic E-state index is 12.8. The quantitative estimate of drug-likeness (QED) is 0.871. The van der Waals surface area contributed by atoms with Crippen molar-refractivity contribution in [2.45, 2.75) is 39.3 Å². The normalized spacial score (nSPS) is 22.6. The molecule has 0 spiro atoms. The van der Waals surface area contributed by atoms with Gasteiger partial charge in [0.15, 0.2) is 0 Å². The zero-order valence-electron chi connectivity index (χ0n) is 14.1. The number of fused-ring (bicyclic) bond motifs is 1. The Bertz CT molecular complexity index is 729. The first-order chi connectivity index (χ1) is 10.9. The summed E-state index contributed by atoms with van der Waals surface area (Å²) in [6.45, 7) is 7.01.